The van der Waals surface area contributed by atoms with Crippen LogP contribution in [-0.2, 0) is 0 Å². The van der Waals surface area contributed by atoms with Crippen molar-refractivity contribution in [3.05, 3.63) is 16.9 Å². The van der Waals surface area contributed by atoms with Crippen LogP contribution < -0.4 is 0 Å². The number of carboxylic acid groups (broad SMARTS) is 1. The quantitative estimate of drug-likeness (QED) is 0.710. The van der Waals surface area contributed by atoms with Crippen LogP contribution in [0.5, 0.6) is 0 Å². The van der Waals surface area contributed by atoms with Gasteiger partial charge in [-0.3, -0.25) is 0 Å². The molecule has 2 rings (SSSR count). The fourth-order valence-electron chi connectivity index (χ4n) is 0.928. The van der Waals surface area contributed by atoms with Crippen molar-refractivity contribution < 1.29 is 9.90 Å². The lowest BCUT2D eigenvalue weighted by Crippen LogP contribution is -2.01. The molecular formula is C6H5N3O2S. The number of aromatic nitrogens is 3. The van der Waals surface area contributed by atoms with E-state index < -0.39 is 5.97 Å². The van der Waals surface area contributed by atoms with Crippen molar-refractivity contribution in [3.8, 4) is 0 Å². The van der Waals surface area contributed by atoms with Crippen LogP contribution >= 0.6 is 11.3 Å². The molecule has 0 bridgehead atoms. The molecule has 2 aromatic rings. The van der Waals surface area contributed by atoms with Gasteiger partial charge in [0.05, 0.1) is 0 Å². The van der Waals surface area contributed by atoms with Crippen molar-refractivity contribution in [2.75, 3.05) is 0 Å². The normalized spacial score (nSPS) is 10.8. The number of fused-ring (bicyclic) bond motifs is 1. The lowest BCUT2D eigenvalue weighted by Gasteiger charge is -1.86. The first-order valence-corrected chi connectivity index (χ1v) is 4.10. The van der Waals surface area contributed by atoms with Gasteiger partial charge in [0.1, 0.15) is 5.82 Å². The van der Waals surface area contributed by atoms with E-state index in [1.165, 1.54) is 21.2 Å². The number of carboxylic acids is 1. The van der Waals surface area contributed by atoms with Gasteiger partial charge in [0, 0.05) is 5.38 Å². The van der Waals surface area contributed by atoms with Gasteiger partial charge in [0.2, 0.25) is 4.96 Å². The van der Waals surface area contributed by atoms with Gasteiger partial charge in [0.25, 0.3) is 0 Å². The maximum atomic E-state index is 10.6. The standard InChI is InChI=1S/C6H5N3O2S/c1-3-7-6-9(8-3)4(2-12-6)5(10)11/h2H,1H3,(H,10,11). The zero-order valence-electron chi connectivity index (χ0n) is 6.18. The fourth-order valence-corrected chi connectivity index (χ4v) is 1.77. The average molecular weight is 183 g/mol. The van der Waals surface area contributed by atoms with E-state index in [1.807, 2.05) is 0 Å². The molecule has 2 aromatic heterocycles. The highest BCUT2D eigenvalue weighted by Crippen LogP contribution is 2.13. The smallest absolute Gasteiger partial charge is 0.355 e. The minimum absolute atomic E-state index is 0.163. The number of thiazole rings is 1. The van der Waals surface area contributed by atoms with Crippen molar-refractivity contribution in [2.24, 2.45) is 0 Å². The molecule has 0 unspecified atom stereocenters. The molecule has 1 N–H and O–H groups in total. The van der Waals surface area contributed by atoms with Crippen molar-refractivity contribution in [1.82, 2.24) is 14.6 Å². The molecule has 0 aliphatic carbocycles. The number of rotatable bonds is 1. The molecule has 0 aliphatic heterocycles. The highest BCUT2D eigenvalue weighted by molar-refractivity contribution is 7.15. The van der Waals surface area contributed by atoms with Crippen LogP contribution in [0.15, 0.2) is 5.38 Å². The second kappa shape index (κ2) is 2.28. The molecule has 0 atom stereocenters. The SMILES string of the molecule is Cc1nc2scc(C(=O)O)n2n1. The maximum Gasteiger partial charge on any atom is 0.355 e. The Morgan fingerprint density at radius 3 is 3.17 bits per heavy atom. The Morgan fingerprint density at radius 1 is 1.75 bits per heavy atom. The van der Waals surface area contributed by atoms with Gasteiger partial charge in [-0.05, 0) is 6.92 Å². The lowest BCUT2D eigenvalue weighted by molar-refractivity contribution is 0.0688. The van der Waals surface area contributed by atoms with E-state index in [4.69, 9.17) is 5.11 Å². The van der Waals surface area contributed by atoms with Gasteiger partial charge in [-0.2, -0.15) is 9.61 Å². The molecule has 6 heteroatoms. The monoisotopic (exact) mass is 183 g/mol. The largest absolute Gasteiger partial charge is 0.476 e. The first-order valence-electron chi connectivity index (χ1n) is 3.22. The van der Waals surface area contributed by atoms with Gasteiger partial charge >= 0.3 is 5.97 Å². The predicted molar refractivity (Wildman–Crippen MR) is 42.6 cm³/mol. The van der Waals surface area contributed by atoms with Crippen LogP contribution in [0.25, 0.3) is 4.96 Å². The summed E-state index contributed by atoms with van der Waals surface area (Å²) in [5.74, 6) is -0.393. The topological polar surface area (TPSA) is 67.5 Å². The Morgan fingerprint density at radius 2 is 2.50 bits per heavy atom. The number of aromatic carboxylic acids is 1. The molecule has 0 radical (unpaired) electrons. The Bertz CT molecular complexity index is 445. The number of nitrogens with zero attached hydrogens (tertiary/aromatic N) is 3. The first-order chi connectivity index (χ1) is 5.68. The third kappa shape index (κ3) is 0.884. The lowest BCUT2D eigenvalue weighted by atomic mass is 10.5. The van der Waals surface area contributed by atoms with Crippen molar-refractivity contribution >= 4 is 22.3 Å². The molecule has 0 saturated carbocycles. The van der Waals surface area contributed by atoms with Gasteiger partial charge < -0.3 is 5.11 Å². The summed E-state index contributed by atoms with van der Waals surface area (Å²) in [7, 11) is 0. The van der Waals surface area contributed by atoms with Crippen LogP contribution in [0.3, 0.4) is 0 Å². The highest BCUT2D eigenvalue weighted by atomic mass is 32.1. The summed E-state index contributed by atoms with van der Waals surface area (Å²) in [6.45, 7) is 1.73. The van der Waals surface area contributed by atoms with E-state index >= 15 is 0 Å². The fraction of sp³-hybridized carbons (Fsp3) is 0.167. The summed E-state index contributed by atoms with van der Waals surface area (Å²) < 4.78 is 1.34. The van der Waals surface area contributed by atoms with E-state index in [0.717, 1.165) is 0 Å². The molecule has 2 heterocycles. The third-order valence-corrected chi connectivity index (χ3v) is 2.22. The molecular weight excluding hydrogens is 178 g/mol. The van der Waals surface area contributed by atoms with Crippen LogP contribution in [0.1, 0.15) is 16.3 Å². The third-order valence-electron chi connectivity index (χ3n) is 1.41. The highest BCUT2D eigenvalue weighted by Gasteiger charge is 2.12. The Labute approximate surface area is 71.3 Å². The summed E-state index contributed by atoms with van der Waals surface area (Å²) in [6.07, 6.45) is 0. The van der Waals surface area contributed by atoms with Crippen LogP contribution in [-0.4, -0.2) is 25.7 Å². The maximum absolute atomic E-state index is 10.6. The Balaban J connectivity index is 2.76. The van der Waals surface area contributed by atoms with E-state index in [9.17, 15) is 4.79 Å². The summed E-state index contributed by atoms with van der Waals surface area (Å²) in [4.78, 5) is 15.2. The minimum Gasteiger partial charge on any atom is -0.476 e. The van der Waals surface area contributed by atoms with Gasteiger partial charge in [-0.15, -0.1) is 11.3 Å². The van der Waals surface area contributed by atoms with E-state index in [2.05, 4.69) is 10.1 Å². The number of carbonyl (C=O) groups is 1. The Kier molecular flexibility index (Phi) is 1.37. The first kappa shape index (κ1) is 7.23. The van der Waals surface area contributed by atoms with Crippen LogP contribution in [0.4, 0.5) is 0 Å². The molecule has 0 aromatic carbocycles. The molecule has 0 aliphatic rings. The number of aryl methyl sites for hydroxylation is 1. The zero-order chi connectivity index (χ0) is 8.72. The minimum atomic E-state index is -0.980. The van der Waals surface area contributed by atoms with Gasteiger partial charge in [-0.1, -0.05) is 0 Å². The molecule has 0 saturated heterocycles. The van der Waals surface area contributed by atoms with Crippen LogP contribution in [0, 0.1) is 6.92 Å². The molecule has 0 fully saturated rings. The van der Waals surface area contributed by atoms with Crippen molar-refractivity contribution in [2.45, 2.75) is 6.92 Å². The van der Waals surface area contributed by atoms with Crippen molar-refractivity contribution in [1.29, 1.82) is 0 Å². The average Bonchev–Trinajstić information content (AvgIpc) is 2.43. The summed E-state index contributed by atoms with van der Waals surface area (Å²) in [5.41, 5.74) is 0.163. The van der Waals surface area contributed by atoms with E-state index in [-0.39, 0.29) is 5.69 Å². The molecule has 62 valence electrons. The van der Waals surface area contributed by atoms with E-state index in [0.29, 0.717) is 10.8 Å². The van der Waals surface area contributed by atoms with Crippen LogP contribution in [0.2, 0.25) is 0 Å². The van der Waals surface area contributed by atoms with Crippen molar-refractivity contribution in [3.63, 3.8) is 0 Å². The Hall–Kier alpha value is -1.43. The number of hydrogen-bond acceptors (Lipinski definition) is 4. The summed E-state index contributed by atoms with van der Waals surface area (Å²) in [5, 5.41) is 14.2. The zero-order valence-corrected chi connectivity index (χ0v) is 7.00. The molecule has 0 spiro atoms. The summed E-state index contributed by atoms with van der Waals surface area (Å²) in [6, 6.07) is 0. The second-order valence-electron chi connectivity index (χ2n) is 2.28. The molecule has 5 nitrogen and oxygen atoms in total. The summed E-state index contributed by atoms with van der Waals surface area (Å²) >= 11 is 1.27. The number of hydrogen-bond donors (Lipinski definition) is 1. The van der Waals surface area contributed by atoms with Gasteiger partial charge in [-0.25, -0.2) is 9.78 Å². The predicted octanol–water partition coefficient (Wildman–Crippen LogP) is 0.797. The molecule has 0 amide bonds. The van der Waals surface area contributed by atoms with Gasteiger partial charge in [0.15, 0.2) is 5.69 Å². The molecule has 12 heavy (non-hydrogen) atoms. The van der Waals surface area contributed by atoms with E-state index in [1.54, 1.807) is 6.92 Å². The second-order valence-corrected chi connectivity index (χ2v) is 3.12.